The van der Waals surface area contributed by atoms with Gasteiger partial charge in [-0.15, -0.1) is 0 Å². The Morgan fingerprint density at radius 2 is 2.21 bits per heavy atom. The van der Waals surface area contributed by atoms with E-state index in [4.69, 9.17) is 0 Å². The molecule has 1 aromatic rings. The van der Waals surface area contributed by atoms with Gasteiger partial charge in [0.1, 0.15) is 0 Å². The second kappa shape index (κ2) is 4.45. The maximum Gasteiger partial charge on any atom is 0.401 e. The minimum Gasteiger partial charge on any atom is -0.308 e. The summed E-state index contributed by atoms with van der Waals surface area (Å²) in [6.45, 7) is -0.656. The van der Waals surface area contributed by atoms with E-state index >= 15 is 0 Å². The zero-order valence-electron chi connectivity index (χ0n) is 7.80. The van der Waals surface area contributed by atoms with Gasteiger partial charge in [0.15, 0.2) is 0 Å². The molecular formula is C8H12F3N3. The molecule has 0 bridgehead atoms. The summed E-state index contributed by atoms with van der Waals surface area (Å²) in [5, 5.41) is 6.35. The van der Waals surface area contributed by atoms with Gasteiger partial charge in [-0.3, -0.25) is 4.68 Å². The van der Waals surface area contributed by atoms with Crippen molar-refractivity contribution < 1.29 is 13.2 Å². The van der Waals surface area contributed by atoms with Crippen molar-refractivity contribution in [3.8, 4) is 0 Å². The molecule has 0 aromatic carbocycles. The van der Waals surface area contributed by atoms with Crippen molar-refractivity contribution in [1.29, 1.82) is 0 Å². The standard InChI is InChI=1S/C8H12F3N3/c1-14-5-3-7(13-14)2-4-12-6-8(9,10)11/h3,5,12H,2,4,6H2,1H3. The topological polar surface area (TPSA) is 29.9 Å². The number of nitrogens with zero attached hydrogens (tertiary/aromatic N) is 2. The van der Waals surface area contributed by atoms with Crippen LogP contribution >= 0.6 is 0 Å². The number of aryl methyl sites for hydroxylation is 1. The van der Waals surface area contributed by atoms with E-state index in [0.717, 1.165) is 5.69 Å². The van der Waals surface area contributed by atoms with E-state index in [2.05, 4.69) is 10.4 Å². The van der Waals surface area contributed by atoms with Gasteiger partial charge < -0.3 is 5.32 Å². The molecule has 0 amide bonds. The molecule has 0 aliphatic rings. The maximum absolute atomic E-state index is 11.7. The van der Waals surface area contributed by atoms with Crippen molar-refractivity contribution in [3.05, 3.63) is 18.0 Å². The minimum atomic E-state index is -4.13. The maximum atomic E-state index is 11.7. The Morgan fingerprint density at radius 3 is 2.71 bits per heavy atom. The Hall–Kier alpha value is -1.04. The number of halogens is 3. The molecule has 0 aliphatic carbocycles. The molecule has 0 spiro atoms. The highest BCUT2D eigenvalue weighted by Gasteiger charge is 2.25. The van der Waals surface area contributed by atoms with E-state index < -0.39 is 12.7 Å². The number of hydrogen-bond acceptors (Lipinski definition) is 2. The van der Waals surface area contributed by atoms with Gasteiger partial charge in [0.05, 0.1) is 12.2 Å². The Morgan fingerprint density at radius 1 is 1.50 bits per heavy atom. The molecule has 0 aliphatic heterocycles. The van der Waals surface area contributed by atoms with Crippen LogP contribution in [0.4, 0.5) is 13.2 Å². The van der Waals surface area contributed by atoms with Crippen LogP contribution in [-0.4, -0.2) is 29.0 Å². The number of nitrogens with one attached hydrogen (secondary N) is 1. The Labute approximate surface area is 79.9 Å². The molecule has 14 heavy (non-hydrogen) atoms. The first-order valence-corrected chi connectivity index (χ1v) is 4.23. The predicted octanol–water partition coefficient (Wildman–Crippen LogP) is 1.11. The molecule has 3 nitrogen and oxygen atoms in total. The van der Waals surface area contributed by atoms with Crippen LogP contribution in [0.15, 0.2) is 12.3 Å². The highest BCUT2D eigenvalue weighted by Crippen LogP contribution is 2.11. The first kappa shape index (κ1) is 11.0. The first-order chi connectivity index (χ1) is 6.47. The SMILES string of the molecule is Cn1ccc(CCNCC(F)(F)F)n1. The van der Waals surface area contributed by atoms with Gasteiger partial charge in [-0.1, -0.05) is 0 Å². The van der Waals surface area contributed by atoms with E-state index in [-0.39, 0.29) is 6.54 Å². The van der Waals surface area contributed by atoms with Crippen LogP contribution in [0.3, 0.4) is 0 Å². The molecule has 1 heterocycles. The zero-order chi connectivity index (χ0) is 10.6. The summed E-state index contributed by atoms with van der Waals surface area (Å²) in [6, 6.07) is 1.79. The highest BCUT2D eigenvalue weighted by molar-refractivity contribution is 4.98. The average molecular weight is 207 g/mol. The molecule has 6 heteroatoms. The van der Waals surface area contributed by atoms with Gasteiger partial charge in [0.2, 0.25) is 0 Å². The third-order valence-electron chi connectivity index (χ3n) is 1.65. The lowest BCUT2D eigenvalue weighted by atomic mass is 10.3. The molecule has 80 valence electrons. The van der Waals surface area contributed by atoms with Gasteiger partial charge in [-0.05, 0) is 6.07 Å². The third kappa shape index (κ3) is 4.27. The number of hydrogen-bond donors (Lipinski definition) is 1. The lowest BCUT2D eigenvalue weighted by Gasteiger charge is -2.06. The molecule has 1 N–H and O–H groups in total. The van der Waals surface area contributed by atoms with E-state index in [9.17, 15) is 13.2 Å². The van der Waals surface area contributed by atoms with Crippen LogP contribution in [0.5, 0.6) is 0 Å². The summed E-state index contributed by atoms with van der Waals surface area (Å²) in [4.78, 5) is 0. The highest BCUT2D eigenvalue weighted by atomic mass is 19.4. The molecular weight excluding hydrogens is 195 g/mol. The normalized spacial score (nSPS) is 12.0. The van der Waals surface area contributed by atoms with Crippen molar-refractivity contribution in [2.75, 3.05) is 13.1 Å². The number of alkyl halides is 3. The van der Waals surface area contributed by atoms with Crippen molar-refractivity contribution >= 4 is 0 Å². The fourth-order valence-corrected chi connectivity index (χ4v) is 1.04. The fraction of sp³-hybridized carbons (Fsp3) is 0.625. The van der Waals surface area contributed by atoms with Crippen LogP contribution in [0.25, 0.3) is 0 Å². The fourth-order valence-electron chi connectivity index (χ4n) is 1.04. The second-order valence-corrected chi connectivity index (χ2v) is 3.02. The number of rotatable bonds is 4. The summed E-state index contributed by atoms with van der Waals surface area (Å²) >= 11 is 0. The lowest BCUT2D eigenvalue weighted by molar-refractivity contribution is -0.124. The van der Waals surface area contributed by atoms with Gasteiger partial charge in [-0.25, -0.2) is 0 Å². The van der Waals surface area contributed by atoms with Crippen molar-refractivity contribution in [1.82, 2.24) is 15.1 Å². The summed E-state index contributed by atoms with van der Waals surface area (Å²) < 4.78 is 36.7. The summed E-state index contributed by atoms with van der Waals surface area (Å²) in [7, 11) is 1.77. The quantitative estimate of drug-likeness (QED) is 0.750. The average Bonchev–Trinajstić information content (AvgIpc) is 2.44. The van der Waals surface area contributed by atoms with Gasteiger partial charge in [-0.2, -0.15) is 18.3 Å². The largest absolute Gasteiger partial charge is 0.401 e. The molecule has 1 aromatic heterocycles. The summed E-state index contributed by atoms with van der Waals surface area (Å²) in [6.07, 6.45) is -1.86. The van der Waals surface area contributed by atoms with Crippen LogP contribution in [0.1, 0.15) is 5.69 Å². The van der Waals surface area contributed by atoms with Crippen LogP contribution in [0, 0.1) is 0 Å². The van der Waals surface area contributed by atoms with Crippen molar-refractivity contribution in [2.24, 2.45) is 7.05 Å². The Kier molecular flexibility index (Phi) is 3.51. The third-order valence-corrected chi connectivity index (χ3v) is 1.65. The molecule has 0 saturated heterocycles. The van der Waals surface area contributed by atoms with Gasteiger partial charge in [0, 0.05) is 26.2 Å². The van der Waals surface area contributed by atoms with E-state index in [0.29, 0.717) is 6.42 Å². The van der Waals surface area contributed by atoms with Crippen molar-refractivity contribution in [2.45, 2.75) is 12.6 Å². The Bertz CT molecular complexity index is 280. The van der Waals surface area contributed by atoms with Gasteiger partial charge >= 0.3 is 6.18 Å². The first-order valence-electron chi connectivity index (χ1n) is 4.23. The molecule has 0 fully saturated rings. The van der Waals surface area contributed by atoms with Crippen LogP contribution in [-0.2, 0) is 13.5 Å². The monoisotopic (exact) mass is 207 g/mol. The zero-order valence-corrected chi connectivity index (χ0v) is 7.80. The minimum absolute atomic E-state index is 0.288. The smallest absolute Gasteiger partial charge is 0.308 e. The van der Waals surface area contributed by atoms with E-state index in [1.165, 1.54) is 0 Å². The molecule has 0 atom stereocenters. The van der Waals surface area contributed by atoms with E-state index in [1.807, 2.05) is 0 Å². The molecule has 0 saturated carbocycles. The molecule has 0 unspecified atom stereocenters. The summed E-state index contributed by atoms with van der Waals surface area (Å²) in [5.41, 5.74) is 0.794. The predicted molar refractivity (Wildman–Crippen MR) is 45.8 cm³/mol. The molecule has 0 radical (unpaired) electrons. The van der Waals surface area contributed by atoms with Crippen LogP contribution in [0.2, 0.25) is 0 Å². The lowest BCUT2D eigenvalue weighted by Crippen LogP contribution is -2.30. The van der Waals surface area contributed by atoms with Crippen LogP contribution < -0.4 is 5.32 Å². The summed E-state index contributed by atoms with van der Waals surface area (Å²) in [5.74, 6) is 0. The molecule has 1 rings (SSSR count). The van der Waals surface area contributed by atoms with Gasteiger partial charge in [0.25, 0.3) is 0 Å². The Balaban J connectivity index is 2.16. The van der Waals surface area contributed by atoms with Crippen molar-refractivity contribution in [3.63, 3.8) is 0 Å². The second-order valence-electron chi connectivity index (χ2n) is 3.02. The van der Waals surface area contributed by atoms with E-state index in [1.54, 1.807) is 24.0 Å². The number of aromatic nitrogens is 2.